The molecule has 4 heteroatoms. The van der Waals surface area contributed by atoms with Crippen molar-refractivity contribution in [2.24, 2.45) is 0 Å². The molecule has 0 bridgehead atoms. The van der Waals surface area contributed by atoms with Crippen molar-refractivity contribution in [3.8, 4) is 0 Å². The number of carbonyl (C=O) groups excluding carboxylic acids is 1. The van der Waals surface area contributed by atoms with Crippen LogP contribution in [0.15, 0.2) is 0 Å². The van der Waals surface area contributed by atoms with Gasteiger partial charge in [-0.25, -0.2) is 4.79 Å². The molecular formula is C12H25N3O. The molecule has 1 heterocycles. The highest BCUT2D eigenvalue weighted by Gasteiger charge is 2.28. The molecule has 16 heavy (non-hydrogen) atoms. The van der Waals surface area contributed by atoms with Crippen LogP contribution in [0.4, 0.5) is 4.79 Å². The molecule has 4 nitrogen and oxygen atoms in total. The highest BCUT2D eigenvalue weighted by atomic mass is 16.2. The Hall–Kier alpha value is -0.770. The summed E-state index contributed by atoms with van der Waals surface area (Å²) in [4.78, 5) is 16.1. The number of likely N-dealkylation sites (tertiary alicyclic amines) is 1. The Morgan fingerprint density at radius 1 is 1.50 bits per heavy atom. The van der Waals surface area contributed by atoms with Crippen molar-refractivity contribution in [2.45, 2.75) is 38.6 Å². The molecule has 1 unspecified atom stereocenters. The largest absolute Gasteiger partial charge is 0.338 e. The van der Waals surface area contributed by atoms with Gasteiger partial charge in [0.1, 0.15) is 0 Å². The third kappa shape index (κ3) is 4.00. The first kappa shape index (κ1) is 13.3. The van der Waals surface area contributed by atoms with Crippen molar-refractivity contribution in [1.82, 2.24) is 15.1 Å². The third-order valence-electron chi connectivity index (χ3n) is 3.02. The van der Waals surface area contributed by atoms with Gasteiger partial charge in [-0.2, -0.15) is 0 Å². The Bertz CT molecular complexity index is 218. The fourth-order valence-electron chi connectivity index (χ4n) is 2.19. The van der Waals surface area contributed by atoms with E-state index in [-0.39, 0.29) is 6.03 Å². The molecule has 1 aliphatic rings. The Balaban J connectivity index is 2.35. The van der Waals surface area contributed by atoms with Gasteiger partial charge in [0.05, 0.1) is 0 Å². The van der Waals surface area contributed by atoms with Crippen molar-refractivity contribution in [3.05, 3.63) is 0 Å². The molecule has 1 rings (SSSR count). The first-order valence-electron chi connectivity index (χ1n) is 6.34. The van der Waals surface area contributed by atoms with Crippen molar-refractivity contribution in [2.75, 3.05) is 33.7 Å². The van der Waals surface area contributed by atoms with Crippen LogP contribution in [-0.2, 0) is 0 Å². The van der Waals surface area contributed by atoms with Crippen LogP contribution in [0.5, 0.6) is 0 Å². The number of likely N-dealkylation sites (N-methyl/N-ethyl adjacent to an activating group) is 1. The zero-order valence-electron chi connectivity index (χ0n) is 10.8. The van der Waals surface area contributed by atoms with E-state index in [2.05, 4.69) is 31.2 Å². The number of nitrogens with zero attached hydrogens (tertiary/aromatic N) is 2. The van der Waals surface area contributed by atoms with Gasteiger partial charge in [-0.3, -0.25) is 0 Å². The summed E-state index contributed by atoms with van der Waals surface area (Å²) in [6.45, 7) is 4.83. The number of rotatable bonds is 5. The molecule has 0 radical (unpaired) electrons. The first-order chi connectivity index (χ1) is 7.65. The Morgan fingerprint density at radius 2 is 2.25 bits per heavy atom. The van der Waals surface area contributed by atoms with Gasteiger partial charge in [-0.15, -0.1) is 0 Å². The van der Waals surface area contributed by atoms with E-state index >= 15 is 0 Å². The van der Waals surface area contributed by atoms with Crippen LogP contribution in [-0.4, -0.2) is 55.6 Å². The minimum Gasteiger partial charge on any atom is -0.338 e. The number of hydrogen-bond acceptors (Lipinski definition) is 2. The second-order valence-corrected chi connectivity index (χ2v) is 4.84. The zero-order chi connectivity index (χ0) is 12.0. The summed E-state index contributed by atoms with van der Waals surface area (Å²) >= 11 is 0. The number of nitrogens with one attached hydrogen (secondary N) is 1. The number of urea groups is 1. The van der Waals surface area contributed by atoms with Crippen LogP contribution in [0.1, 0.15) is 32.6 Å². The molecule has 94 valence electrons. The van der Waals surface area contributed by atoms with Crippen LogP contribution < -0.4 is 5.32 Å². The second-order valence-electron chi connectivity index (χ2n) is 4.84. The third-order valence-corrected chi connectivity index (χ3v) is 3.02. The molecule has 0 aromatic heterocycles. The monoisotopic (exact) mass is 227 g/mol. The SMILES string of the molecule is CCCCNC(=O)N1CCCC1CN(C)C. The molecule has 0 aliphatic carbocycles. The van der Waals surface area contributed by atoms with Crippen LogP contribution in [0.25, 0.3) is 0 Å². The lowest BCUT2D eigenvalue weighted by Gasteiger charge is -2.27. The molecule has 1 saturated heterocycles. The molecule has 1 atom stereocenters. The van der Waals surface area contributed by atoms with Gasteiger partial charge in [-0.1, -0.05) is 13.3 Å². The van der Waals surface area contributed by atoms with Gasteiger partial charge in [-0.05, 0) is 33.4 Å². The fourth-order valence-corrected chi connectivity index (χ4v) is 2.19. The molecular weight excluding hydrogens is 202 g/mol. The lowest BCUT2D eigenvalue weighted by atomic mass is 10.2. The smallest absolute Gasteiger partial charge is 0.317 e. The Kier molecular flexibility index (Phi) is 5.60. The van der Waals surface area contributed by atoms with Gasteiger partial charge >= 0.3 is 6.03 Å². The predicted molar refractivity (Wildman–Crippen MR) is 66.6 cm³/mol. The van der Waals surface area contributed by atoms with Crippen LogP contribution in [0.3, 0.4) is 0 Å². The summed E-state index contributed by atoms with van der Waals surface area (Å²) in [6.07, 6.45) is 4.47. The van der Waals surface area contributed by atoms with Crippen molar-refractivity contribution < 1.29 is 4.79 Å². The first-order valence-corrected chi connectivity index (χ1v) is 6.34. The van der Waals surface area contributed by atoms with Gasteiger partial charge in [0, 0.05) is 25.7 Å². The maximum Gasteiger partial charge on any atom is 0.317 e. The van der Waals surface area contributed by atoms with E-state index < -0.39 is 0 Å². The molecule has 1 fully saturated rings. The average Bonchev–Trinajstić information content (AvgIpc) is 2.65. The molecule has 1 aliphatic heterocycles. The maximum absolute atomic E-state index is 11.9. The van der Waals surface area contributed by atoms with E-state index in [9.17, 15) is 4.79 Å². The van der Waals surface area contributed by atoms with E-state index in [0.29, 0.717) is 6.04 Å². The fraction of sp³-hybridized carbons (Fsp3) is 0.917. The molecule has 0 saturated carbocycles. The number of hydrogen-bond donors (Lipinski definition) is 1. The molecule has 1 N–H and O–H groups in total. The van der Waals surface area contributed by atoms with E-state index in [4.69, 9.17) is 0 Å². The van der Waals surface area contributed by atoms with Crippen molar-refractivity contribution in [1.29, 1.82) is 0 Å². The second kappa shape index (κ2) is 6.74. The summed E-state index contributed by atoms with van der Waals surface area (Å²) < 4.78 is 0. The summed E-state index contributed by atoms with van der Waals surface area (Å²) in [7, 11) is 4.12. The number of unbranched alkanes of at least 4 members (excludes halogenated alkanes) is 1. The summed E-state index contributed by atoms with van der Waals surface area (Å²) in [5.74, 6) is 0. The van der Waals surface area contributed by atoms with E-state index in [1.54, 1.807) is 0 Å². The Labute approximate surface area is 99.0 Å². The summed E-state index contributed by atoms with van der Waals surface area (Å²) in [5.41, 5.74) is 0. The van der Waals surface area contributed by atoms with Gasteiger partial charge < -0.3 is 15.1 Å². The van der Waals surface area contributed by atoms with Crippen LogP contribution >= 0.6 is 0 Å². The van der Waals surface area contributed by atoms with E-state index in [1.165, 1.54) is 0 Å². The number of amides is 2. The van der Waals surface area contributed by atoms with Gasteiger partial charge in [0.15, 0.2) is 0 Å². The van der Waals surface area contributed by atoms with Crippen LogP contribution in [0.2, 0.25) is 0 Å². The maximum atomic E-state index is 11.9. The Morgan fingerprint density at radius 3 is 2.88 bits per heavy atom. The molecule has 2 amide bonds. The normalized spacial score (nSPS) is 20.5. The van der Waals surface area contributed by atoms with Crippen molar-refractivity contribution >= 4 is 6.03 Å². The highest BCUT2D eigenvalue weighted by molar-refractivity contribution is 5.74. The minimum absolute atomic E-state index is 0.123. The number of carbonyl (C=O) groups is 1. The van der Waals surface area contributed by atoms with Gasteiger partial charge in [0.2, 0.25) is 0 Å². The zero-order valence-corrected chi connectivity index (χ0v) is 10.8. The molecule has 0 aromatic carbocycles. The molecule has 0 spiro atoms. The van der Waals surface area contributed by atoms with Crippen LogP contribution in [0, 0.1) is 0 Å². The lowest BCUT2D eigenvalue weighted by molar-refractivity contribution is 0.181. The van der Waals surface area contributed by atoms with E-state index in [1.807, 2.05) is 4.90 Å². The van der Waals surface area contributed by atoms with Crippen molar-refractivity contribution in [3.63, 3.8) is 0 Å². The van der Waals surface area contributed by atoms with Gasteiger partial charge in [0.25, 0.3) is 0 Å². The highest BCUT2D eigenvalue weighted by Crippen LogP contribution is 2.17. The lowest BCUT2D eigenvalue weighted by Crippen LogP contribution is -2.46. The quantitative estimate of drug-likeness (QED) is 0.723. The average molecular weight is 227 g/mol. The topological polar surface area (TPSA) is 35.6 Å². The summed E-state index contributed by atoms with van der Waals surface area (Å²) in [5, 5.41) is 3.00. The minimum atomic E-state index is 0.123. The molecule has 0 aromatic rings. The summed E-state index contributed by atoms with van der Waals surface area (Å²) in [6, 6.07) is 0.523. The predicted octanol–water partition coefficient (Wildman–Crippen LogP) is 1.52. The van der Waals surface area contributed by atoms with E-state index in [0.717, 1.165) is 45.3 Å². The standard InChI is InChI=1S/C12H25N3O/c1-4-5-8-13-12(16)15-9-6-7-11(15)10-14(2)3/h11H,4-10H2,1-3H3,(H,13,16).